The van der Waals surface area contributed by atoms with E-state index in [1.165, 1.54) is 55.9 Å². The second kappa shape index (κ2) is 43.3. The largest absolute Gasteiger partial charge is 0.342 e. The summed E-state index contributed by atoms with van der Waals surface area (Å²) in [5, 5.41) is 14.1. The van der Waals surface area contributed by atoms with Crippen molar-refractivity contribution in [2.24, 2.45) is 0 Å². The summed E-state index contributed by atoms with van der Waals surface area (Å²) in [6.45, 7) is 5.62. The van der Waals surface area contributed by atoms with Crippen LogP contribution in [-0.2, 0) is 0 Å². The maximum atomic E-state index is 14.0. The highest BCUT2D eigenvalue weighted by atomic mass is 19.1. The van der Waals surface area contributed by atoms with Crippen LogP contribution in [0.5, 0.6) is 0 Å². The van der Waals surface area contributed by atoms with Crippen molar-refractivity contribution in [1.82, 2.24) is 59.8 Å². The summed E-state index contributed by atoms with van der Waals surface area (Å²) in [6.07, 6.45) is 34.9. The molecule has 29 heteroatoms. The van der Waals surface area contributed by atoms with Crippen LogP contribution in [0.15, 0.2) is 312 Å². The van der Waals surface area contributed by atoms with E-state index < -0.39 is 17.5 Å². The topological polar surface area (TPSA) is 316 Å². The molecule has 0 spiro atoms. The Morgan fingerprint density at radius 2 is 0.548 bits per heavy atom. The van der Waals surface area contributed by atoms with Crippen LogP contribution in [0.25, 0.3) is 0 Å². The Morgan fingerprint density at radius 1 is 0.282 bits per heavy atom. The number of anilines is 15. The number of rotatable bonds is 20. The van der Waals surface area contributed by atoms with E-state index in [0.717, 1.165) is 56.8 Å². The molecule has 616 valence electrons. The quantitative estimate of drug-likeness (QED) is 0.0443. The molecule has 0 saturated heterocycles. The van der Waals surface area contributed by atoms with Gasteiger partial charge in [-0.25, -0.2) is 68.6 Å². The molecular formula is C95H82F2N22O5. The van der Waals surface area contributed by atoms with Crippen molar-refractivity contribution in [3.63, 3.8) is 0 Å². The number of hydrogen-bond donors (Lipinski definition) is 5. The molecule has 0 aliphatic carbocycles. The van der Waals surface area contributed by atoms with E-state index in [4.69, 9.17) is 12.8 Å². The third-order valence-electron chi connectivity index (χ3n) is 18.3. The summed E-state index contributed by atoms with van der Waals surface area (Å²) in [6, 6.07) is 63.0. The van der Waals surface area contributed by atoms with Crippen LogP contribution < -0.4 is 51.1 Å². The van der Waals surface area contributed by atoms with Crippen molar-refractivity contribution in [1.29, 1.82) is 0 Å². The number of carbonyl (C=O) groups is 5. The summed E-state index contributed by atoms with van der Waals surface area (Å²) < 4.78 is 28.0. The summed E-state index contributed by atoms with van der Waals surface area (Å²) in [5.41, 5.74) is 16.7. The molecule has 7 aromatic heterocycles. The number of nitrogens with one attached hydrogen (secondary N) is 5. The van der Waals surface area contributed by atoms with Gasteiger partial charge in [0.2, 0.25) is 0 Å². The van der Waals surface area contributed by atoms with E-state index >= 15 is 0 Å². The van der Waals surface area contributed by atoms with Crippen LogP contribution in [0, 0.1) is 57.1 Å². The second-order valence-corrected chi connectivity index (χ2v) is 27.2. The number of nitrogens with zero attached hydrogens (tertiary/aromatic N) is 17. The van der Waals surface area contributed by atoms with E-state index in [1.54, 1.807) is 184 Å². The third kappa shape index (κ3) is 25.4. The van der Waals surface area contributed by atoms with Crippen LogP contribution in [0.3, 0.4) is 0 Å². The predicted octanol–water partition coefficient (Wildman–Crippen LogP) is 17.4. The van der Waals surface area contributed by atoms with Gasteiger partial charge in [0.05, 0.1) is 90.4 Å². The van der Waals surface area contributed by atoms with Crippen LogP contribution in [0.4, 0.5) is 94.1 Å². The molecule has 5 amide bonds. The van der Waals surface area contributed by atoms with Gasteiger partial charge in [0.1, 0.15) is 54.7 Å². The summed E-state index contributed by atoms with van der Waals surface area (Å²) in [4.78, 5) is 119. The van der Waals surface area contributed by atoms with Gasteiger partial charge in [-0.3, -0.25) is 24.0 Å². The number of pyridine rings is 2. The fourth-order valence-electron chi connectivity index (χ4n) is 11.8. The number of amides is 5. The normalized spacial score (nSPS) is 10.2. The number of aryl methyl sites for hydroxylation is 3. The molecule has 0 bridgehead atoms. The van der Waals surface area contributed by atoms with Gasteiger partial charge < -0.3 is 51.1 Å². The van der Waals surface area contributed by atoms with Crippen molar-refractivity contribution < 1.29 is 32.8 Å². The van der Waals surface area contributed by atoms with Gasteiger partial charge in [-0.2, -0.15) is 0 Å². The van der Waals surface area contributed by atoms with Crippen molar-refractivity contribution in [3.8, 4) is 24.7 Å². The van der Waals surface area contributed by atoms with Gasteiger partial charge in [0.25, 0.3) is 29.5 Å². The monoisotopic (exact) mass is 1650 g/mol. The highest BCUT2D eigenvalue weighted by Gasteiger charge is 2.18. The van der Waals surface area contributed by atoms with Gasteiger partial charge in [-0.05, 0) is 185 Å². The predicted molar refractivity (Wildman–Crippen MR) is 480 cm³/mol. The molecule has 124 heavy (non-hydrogen) atoms. The van der Waals surface area contributed by atoms with Crippen LogP contribution >= 0.6 is 0 Å². The van der Waals surface area contributed by atoms with Gasteiger partial charge in [0.15, 0.2) is 0 Å². The molecular weight excluding hydrogens is 1570 g/mol. The molecule has 0 atom stereocenters. The maximum Gasteiger partial charge on any atom is 0.274 e. The minimum Gasteiger partial charge on any atom is -0.342 e. The van der Waals surface area contributed by atoms with Crippen LogP contribution in [-0.4, -0.2) is 125 Å². The zero-order valence-electron chi connectivity index (χ0n) is 68.5. The summed E-state index contributed by atoms with van der Waals surface area (Å²) >= 11 is 0. The van der Waals surface area contributed by atoms with E-state index in [-0.39, 0.29) is 29.3 Å². The smallest absolute Gasteiger partial charge is 0.274 e. The first-order valence-electron chi connectivity index (χ1n) is 38.0. The van der Waals surface area contributed by atoms with Crippen molar-refractivity contribution in [2.75, 3.05) is 86.3 Å². The number of halogens is 2. The van der Waals surface area contributed by atoms with E-state index in [9.17, 15) is 32.8 Å². The molecule has 0 saturated carbocycles. The Kier molecular flexibility index (Phi) is 30.6. The van der Waals surface area contributed by atoms with Gasteiger partial charge in [0, 0.05) is 131 Å². The molecule has 7 heterocycles. The Morgan fingerprint density at radius 3 is 0.863 bits per heavy atom. The highest BCUT2D eigenvalue weighted by Crippen LogP contribution is 2.32. The molecule has 15 rings (SSSR count). The first-order chi connectivity index (χ1) is 60.0. The van der Waals surface area contributed by atoms with Crippen LogP contribution in [0.2, 0.25) is 0 Å². The molecule has 0 aliphatic heterocycles. The van der Waals surface area contributed by atoms with Crippen molar-refractivity contribution in [2.45, 2.75) is 20.8 Å². The molecule has 8 aromatic carbocycles. The lowest BCUT2D eigenvalue weighted by Crippen LogP contribution is -2.15. The Hall–Kier alpha value is -17.2. The summed E-state index contributed by atoms with van der Waals surface area (Å²) in [5.74, 6) is 2.74. The van der Waals surface area contributed by atoms with Gasteiger partial charge in [-0.15, -0.1) is 12.8 Å². The molecule has 5 N–H and O–H groups in total. The third-order valence-corrected chi connectivity index (χ3v) is 18.3. The van der Waals surface area contributed by atoms with Gasteiger partial charge in [-0.1, -0.05) is 72.0 Å². The highest BCUT2D eigenvalue weighted by molar-refractivity contribution is 6.07. The standard InChI is InChI=1S/C20H15FN4O.C20H16N4O.C19H18N4O.C18H16FN5O.C18H17N5O/c1-3-14-5-4-6-15(7-14)20(26)24-17-8-16(21)9-18(10-17)25(2)19-11-22-13-23-12-19;1-3-15-6-4-7-16(10-15)20(25)23-17-8-5-9-18(11-17)24(2)19-12-21-14-22-13-19;1-14-5-3-6-15(9-14)19(24)22-16-7-4-8-17(10-16)23(2)18-11-20-13-21-12-18;1-12-4-3-5-17(22-12)18(25)23-14-6-13(19)7-15(8-14)24(2)16-9-20-11-21-10-16;1-13-5-3-8-17(21-13)18(24)22-14-6-4-7-15(9-14)23(2)16-10-19-12-20-11-16/h1,4-13H,2H3,(H,24,26);1,4-14H,2H3,(H,23,25);3-13H,1-2H3,(H,22,24);3-11H,1-2H3,(H,23,25);3-12H,1-2H3,(H,22,24). The Bertz CT molecular complexity index is 6130. The van der Waals surface area contributed by atoms with Crippen molar-refractivity contribution >= 4 is 115 Å². The lowest BCUT2D eigenvalue weighted by molar-refractivity contribution is 0.101. The van der Waals surface area contributed by atoms with Crippen molar-refractivity contribution in [3.05, 3.63) is 380 Å². The molecule has 0 unspecified atom stereocenters. The molecule has 0 fully saturated rings. The second-order valence-electron chi connectivity index (χ2n) is 27.2. The fourth-order valence-corrected chi connectivity index (χ4v) is 11.8. The lowest BCUT2D eigenvalue weighted by Gasteiger charge is -2.19. The van der Waals surface area contributed by atoms with Gasteiger partial charge >= 0.3 is 0 Å². The minimum atomic E-state index is -0.473. The minimum absolute atomic E-state index is 0.124. The molecule has 0 aliphatic rings. The number of aromatic nitrogens is 12. The molecule has 15 aromatic rings. The Labute approximate surface area is 715 Å². The number of carbonyl (C=O) groups excluding carboxylic acids is 5. The number of hydrogen-bond acceptors (Lipinski definition) is 22. The molecule has 0 radical (unpaired) electrons. The zero-order valence-corrected chi connectivity index (χ0v) is 68.5. The molecule has 27 nitrogen and oxygen atoms in total. The SMILES string of the molecule is C#Cc1cccc(C(=O)Nc2cc(F)cc(N(C)c3cncnc3)c2)c1.C#Cc1cccc(C(=O)Nc2cccc(N(C)c3cncnc3)c2)c1.Cc1cccc(C(=O)Nc2cc(F)cc(N(C)c3cncnc3)c2)n1.Cc1cccc(C(=O)Nc2cccc(N(C)c3cncnc3)c2)c1.Cc1cccc(C(=O)Nc2cccc(N(C)c3cncnc3)c2)n1. The van der Waals surface area contributed by atoms with Crippen LogP contribution in [0.1, 0.15) is 80.1 Å². The first kappa shape index (κ1) is 87.6. The number of benzene rings is 8. The summed E-state index contributed by atoms with van der Waals surface area (Å²) in [7, 11) is 9.29. The Balaban J connectivity index is 0.000000151. The average Bonchev–Trinajstić information content (AvgIpc) is 0.799. The fraction of sp³-hybridized carbons (Fsp3) is 0.0842. The maximum absolute atomic E-state index is 14.0. The number of terminal acetylenes is 2. The zero-order chi connectivity index (χ0) is 87.9. The van der Waals surface area contributed by atoms with E-state index in [0.29, 0.717) is 79.0 Å². The van der Waals surface area contributed by atoms with E-state index in [1.807, 2.05) is 153 Å². The first-order valence-corrected chi connectivity index (χ1v) is 38.0. The average molecular weight is 1650 g/mol. The van der Waals surface area contributed by atoms with E-state index in [2.05, 4.69) is 98.2 Å². The lowest BCUT2D eigenvalue weighted by atomic mass is 10.1.